The summed E-state index contributed by atoms with van der Waals surface area (Å²) < 4.78 is 27.3. The van der Waals surface area contributed by atoms with Gasteiger partial charge in [0.2, 0.25) is 21.8 Å². The number of benzene rings is 1. The highest BCUT2D eigenvalue weighted by atomic mass is 35.5. The van der Waals surface area contributed by atoms with Crippen molar-refractivity contribution in [1.29, 1.82) is 0 Å². The van der Waals surface area contributed by atoms with Gasteiger partial charge in [0, 0.05) is 32.6 Å². The molecule has 0 radical (unpaired) electrons. The molecule has 0 atom stereocenters. The fourth-order valence-electron chi connectivity index (χ4n) is 4.61. The maximum atomic E-state index is 13.0. The van der Waals surface area contributed by atoms with E-state index >= 15 is 0 Å². The molecule has 2 amide bonds. The number of halogens is 2. The van der Waals surface area contributed by atoms with Crippen LogP contribution in [0.1, 0.15) is 32.1 Å². The van der Waals surface area contributed by atoms with Gasteiger partial charge < -0.3 is 0 Å². The second-order valence-electron chi connectivity index (χ2n) is 8.01. The Morgan fingerprint density at radius 1 is 0.966 bits per heavy atom. The largest absolute Gasteiger partial charge is 0.283 e. The van der Waals surface area contributed by atoms with Crippen molar-refractivity contribution in [2.75, 3.05) is 32.8 Å². The normalized spacial score (nSPS) is 23.4. The Balaban J connectivity index is 1.41. The summed E-state index contributed by atoms with van der Waals surface area (Å²) >= 11 is 12.2. The van der Waals surface area contributed by atoms with Gasteiger partial charge in [-0.15, -0.1) is 0 Å². The maximum Gasteiger partial charge on any atom is 0.246 e. The molecule has 1 aromatic carbocycles. The van der Waals surface area contributed by atoms with Crippen molar-refractivity contribution in [3.8, 4) is 0 Å². The molecule has 1 saturated carbocycles. The lowest BCUT2D eigenvalue weighted by Gasteiger charge is -2.36. The van der Waals surface area contributed by atoms with Gasteiger partial charge in [0.15, 0.2) is 0 Å². The molecule has 158 valence electrons. The van der Waals surface area contributed by atoms with E-state index in [1.165, 1.54) is 21.3 Å². The molecule has 3 aliphatic rings. The van der Waals surface area contributed by atoms with Crippen LogP contribution in [-0.4, -0.2) is 67.2 Å². The zero-order chi connectivity index (χ0) is 20.8. The quantitative estimate of drug-likeness (QED) is 0.646. The molecule has 2 heterocycles. The van der Waals surface area contributed by atoms with E-state index in [1.807, 2.05) is 4.90 Å². The molecule has 1 aromatic rings. The molecule has 0 unspecified atom stereocenters. The first kappa shape index (κ1) is 21.1. The van der Waals surface area contributed by atoms with E-state index in [1.54, 1.807) is 6.07 Å². The van der Waals surface area contributed by atoms with E-state index < -0.39 is 15.4 Å². The third-order valence-electron chi connectivity index (χ3n) is 6.24. The molecular weight excluding hydrogens is 437 g/mol. The Morgan fingerprint density at radius 3 is 2.14 bits per heavy atom. The third-order valence-corrected chi connectivity index (χ3v) is 9.09. The van der Waals surface area contributed by atoms with Crippen molar-refractivity contribution in [2.45, 2.75) is 37.0 Å². The number of carbonyl (C=O) groups excluding carboxylic acids is 2. The topological polar surface area (TPSA) is 78.0 Å². The number of piperazine rings is 1. The van der Waals surface area contributed by atoms with Crippen molar-refractivity contribution in [2.24, 2.45) is 5.41 Å². The van der Waals surface area contributed by atoms with Crippen molar-refractivity contribution in [1.82, 2.24) is 14.1 Å². The number of amides is 2. The summed E-state index contributed by atoms with van der Waals surface area (Å²) in [6.45, 7) is 1.55. The van der Waals surface area contributed by atoms with Crippen LogP contribution in [0.5, 0.6) is 0 Å². The van der Waals surface area contributed by atoms with Crippen molar-refractivity contribution in [3.63, 3.8) is 0 Å². The zero-order valence-electron chi connectivity index (χ0n) is 15.9. The zero-order valence-corrected chi connectivity index (χ0v) is 18.3. The highest BCUT2D eigenvalue weighted by Gasteiger charge is 2.52. The molecule has 2 saturated heterocycles. The molecule has 10 heteroatoms. The van der Waals surface area contributed by atoms with Crippen LogP contribution in [0.4, 0.5) is 0 Å². The Hall–Kier alpha value is -1.19. The molecule has 0 N–H and O–H groups in total. The van der Waals surface area contributed by atoms with E-state index in [4.69, 9.17) is 23.2 Å². The van der Waals surface area contributed by atoms with Crippen LogP contribution in [0.15, 0.2) is 23.1 Å². The number of rotatable bonds is 4. The fraction of sp³-hybridized carbons (Fsp3) is 0.579. The maximum absolute atomic E-state index is 13.0. The van der Waals surface area contributed by atoms with Gasteiger partial charge in [-0.1, -0.05) is 42.1 Å². The van der Waals surface area contributed by atoms with Gasteiger partial charge in [-0.2, -0.15) is 4.31 Å². The van der Waals surface area contributed by atoms with Crippen LogP contribution in [-0.2, 0) is 19.6 Å². The summed E-state index contributed by atoms with van der Waals surface area (Å²) in [4.78, 5) is 28.5. The van der Waals surface area contributed by atoms with Gasteiger partial charge >= 0.3 is 0 Å². The Bertz CT molecular complexity index is 919. The van der Waals surface area contributed by atoms with Crippen LogP contribution >= 0.6 is 23.2 Å². The fourth-order valence-corrected chi connectivity index (χ4v) is 7.13. The summed E-state index contributed by atoms with van der Waals surface area (Å²) in [7, 11) is -3.82. The molecule has 7 nitrogen and oxygen atoms in total. The third kappa shape index (κ3) is 3.70. The molecule has 1 aliphatic carbocycles. The van der Waals surface area contributed by atoms with Crippen molar-refractivity contribution >= 4 is 45.0 Å². The summed E-state index contributed by atoms with van der Waals surface area (Å²) in [5, 5.41) is 0.185. The lowest BCUT2D eigenvalue weighted by atomic mass is 9.85. The number of hydrogen-bond donors (Lipinski definition) is 0. The molecule has 0 bridgehead atoms. The number of hydrogen-bond acceptors (Lipinski definition) is 5. The van der Waals surface area contributed by atoms with Gasteiger partial charge in [0.05, 0.1) is 22.1 Å². The van der Waals surface area contributed by atoms with Crippen molar-refractivity contribution < 1.29 is 18.0 Å². The Morgan fingerprint density at radius 2 is 1.55 bits per heavy atom. The van der Waals surface area contributed by atoms with E-state index in [2.05, 4.69) is 0 Å². The molecule has 1 spiro atoms. The van der Waals surface area contributed by atoms with E-state index in [0.29, 0.717) is 19.5 Å². The van der Waals surface area contributed by atoms with Gasteiger partial charge in [-0.05, 0) is 25.0 Å². The van der Waals surface area contributed by atoms with Gasteiger partial charge in [0.25, 0.3) is 0 Å². The predicted molar refractivity (Wildman–Crippen MR) is 109 cm³/mol. The molecule has 3 fully saturated rings. The minimum atomic E-state index is -3.82. The molecule has 0 aromatic heterocycles. The van der Waals surface area contributed by atoms with Crippen LogP contribution in [0.2, 0.25) is 10.0 Å². The average molecular weight is 460 g/mol. The molecule has 2 aliphatic heterocycles. The van der Waals surface area contributed by atoms with Gasteiger partial charge in [-0.25, -0.2) is 8.42 Å². The number of nitrogens with zero attached hydrogens (tertiary/aromatic N) is 3. The standard InChI is InChI=1S/C19H23Cl2N3O4S/c20-14-4-3-5-15(21)17(14)29(27,28)23-10-8-22(9-11-23)13-24-16(25)12-19(18(24)26)6-1-2-7-19/h3-5H,1-2,6-13H2. The van der Waals surface area contributed by atoms with Gasteiger partial charge in [-0.3, -0.25) is 19.4 Å². The summed E-state index contributed by atoms with van der Waals surface area (Å²) in [5.74, 6) is -0.173. The second kappa shape index (κ2) is 7.81. The van der Waals surface area contributed by atoms with E-state index in [9.17, 15) is 18.0 Å². The average Bonchev–Trinajstić information content (AvgIpc) is 3.23. The number of likely N-dealkylation sites (tertiary alicyclic amines) is 1. The minimum absolute atomic E-state index is 0.0575. The summed E-state index contributed by atoms with van der Waals surface area (Å²) in [6.07, 6.45) is 3.88. The number of carbonyl (C=O) groups is 2. The molecule has 29 heavy (non-hydrogen) atoms. The SMILES string of the molecule is O=C1CC2(CCCC2)C(=O)N1CN1CCN(S(=O)(=O)c2c(Cl)cccc2Cl)CC1. The van der Waals surface area contributed by atoms with Crippen LogP contribution in [0.25, 0.3) is 0 Å². The number of imide groups is 1. The second-order valence-corrected chi connectivity index (χ2v) is 10.7. The minimum Gasteiger partial charge on any atom is -0.283 e. The first-order chi connectivity index (χ1) is 13.7. The monoisotopic (exact) mass is 459 g/mol. The van der Waals surface area contributed by atoms with Crippen LogP contribution in [0, 0.1) is 5.41 Å². The lowest BCUT2D eigenvalue weighted by Crippen LogP contribution is -2.52. The first-order valence-electron chi connectivity index (χ1n) is 9.76. The van der Waals surface area contributed by atoms with E-state index in [0.717, 1.165) is 25.7 Å². The lowest BCUT2D eigenvalue weighted by molar-refractivity contribution is -0.144. The predicted octanol–water partition coefficient (Wildman–Crippen LogP) is 2.58. The highest BCUT2D eigenvalue weighted by Crippen LogP contribution is 2.46. The van der Waals surface area contributed by atoms with Crippen LogP contribution in [0.3, 0.4) is 0 Å². The first-order valence-corrected chi connectivity index (χ1v) is 12.0. The van der Waals surface area contributed by atoms with Gasteiger partial charge in [0.1, 0.15) is 4.90 Å². The Labute approximate surface area is 180 Å². The van der Waals surface area contributed by atoms with Crippen LogP contribution < -0.4 is 0 Å². The molecular formula is C19H23Cl2N3O4S. The molecule has 4 rings (SSSR count). The van der Waals surface area contributed by atoms with Crippen molar-refractivity contribution in [3.05, 3.63) is 28.2 Å². The number of sulfonamides is 1. The summed E-state index contributed by atoms with van der Waals surface area (Å²) in [6, 6.07) is 4.60. The Kier molecular flexibility index (Phi) is 5.67. The summed E-state index contributed by atoms with van der Waals surface area (Å²) in [5.41, 5.74) is -0.483. The highest BCUT2D eigenvalue weighted by molar-refractivity contribution is 7.89. The van der Waals surface area contributed by atoms with E-state index in [-0.39, 0.29) is 46.5 Å². The smallest absolute Gasteiger partial charge is 0.246 e.